The summed E-state index contributed by atoms with van der Waals surface area (Å²) in [6, 6.07) is 6.00. The highest BCUT2D eigenvalue weighted by molar-refractivity contribution is 7.09. The number of alkyl halides is 3. The maximum absolute atomic E-state index is 12.1. The van der Waals surface area contributed by atoms with Gasteiger partial charge in [-0.15, -0.1) is 24.5 Å². The predicted molar refractivity (Wildman–Crippen MR) is 75.4 cm³/mol. The largest absolute Gasteiger partial charge is 0.573 e. The van der Waals surface area contributed by atoms with Gasteiger partial charge < -0.3 is 10.1 Å². The molecule has 1 aromatic heterocycles. The Morgan fingerprint density at radius 2 is 2.00 bits per heavy atom. The van der Waals surface area contributed by atoms with Crippen LogP contribution in [0.25, 0.3) is 0 Å². The molecule has 0 saturated carbocycles. The number of hydrogen-bond acceptors (Lipinski definition) is 4. The van der Waals surface area contributed by atoms with Gasteiger partial charge in [0.1, 0.15) is 5.75 Å². The van der Waals surface area contributed by atoms with Crippen LogP contribution in [0.5, 0.6) is 5.75 Å². The number of benzene rings is 1. The number of thiazole rings is 1. The molecule has 3 nitrogen and oxygen atoms in total. The van der Waals surface area contributed by atoms with Crippen LogP contribution in [0.3, 0.4) is 0 Å². The van der Waals surface area contributed by atoms with E-state index in [-0.39, 0.29) is 11.8 Å². The first-order valence-corrected chi connectivity index (χ1v) is 7.32. The predicted octanol–water partition coefficient (Wildman–Crippen LogP) is 3.94. The Hall–Kier alpha value is -1.60. The molecule has 0 bridgehead atoms. The fourth-order valence-corrected chi connectivity index (χ4v) is 2.64. The second-order valence-electron chi connectivity index (χ2n) is 4.40. The summed E-state index contributed by atoms with van der Waals surface area (Å²) in [5.41, 5.74) is 2.68. The molecular weight excluding hydrogens is 301 g/mol. The summed E-state index contributed by atoms with van der Waals surface area (Å²) in [6.07, 6.45) is -2.11. The zero-order valence-electron chi connectivity index (χ0n) is 11.4. The van der Waals surface area contributed by atoms with E-state index in [1.807, 2.05) is 6.92 Å². The lowest BCUT2D eigenvalue weighted by Crippen LogP contribution is -2.22. The van der Waals surface area contributed by atoms with Crippen LogP contribution >= 0.6 is 11.3 Å². The van der Waals surface area contributed by atoms with Gasteiger partial charge in [0, 0.05) is 23.5 Å². The highest BCUT2D eigenvalue weighted by Crippen LogP contribution is 2.26. The number of ether oxygens (including phenoxy) is 1. The third-order valence-corrected chi connectivity index (χ3v) is 3.66. The number of nitrogens with one attached hydrogen (secondary N) is 1. The van der Waals surface area contributed by atoms with E-state index in [1.54, 1.807) is 35.2 Å². The SMILES string of the molecule is CCNC(Cc1cncs1)c1ccc(OC(F)(F)F)cc1. The van der Waals surface area contributed by atoms with Crippen LogP contribution in [0, 0.1) is 0 Å². The minimum atomic E-state index is -4.66. The van der Waals surface area contributed by atoms with Crippen molar-refractivity contribution >= 4 is 11.3 Å². The maximum atomic E-state index is 12.1. The van der Waals surface area contributed by atoms with E-state index >= 15 is 0 Å². The lowest BCUT2D eigenvalue weighted by atomic mass is 10.0. The summed E-state index contributed by atoms with van der Waals surface area (Å²) in [5, 5.41) is 3.32. The van der Waals surface area contributed by atoms with Gasteiger partial charge in [0.15, 0.2) is 0 Å². The maximum Gasteiger partial charge on any atom is 0.573 e. The van der Waals surface area contributed by atoms with Crippen molar-refractivity contribution in [2.75, 3.05) is 6.54 Å². The van der Waals surface area contributed by atoms with Gasteiger partial charge >= 0.3 is 6.36 Å². The van der Waals surface area contributed by atoms with Crippen LogP contribution in [-0.4, -0.2) is 17.9 Å². The van der Waals surface area contributed by atoms with E-state index in [0.29, 0.717) is 0 Å². The number of rotatable bonds is 6. The van der Waals surface area contributed by atoms with Gasteiger partial charge in [-0.2, -0.15) is 0 Å². The second kappa shape index (κ2) is 6.91. The van der Waals surface area contributed by atoms with Crippen molar-refractivity contribution in [3.8, 4) is 5.75 Å². The summed E-state index contributed by atoms with van der Waals surface area (Å²) in [5.74, 6) is -0.209. The molecule has 21 heavy (non-hydrogen) atoms. The van der Waals surface area contributed by atoms with Gasteiger partial charge in [-0.1, -0.05) is 19.1 Å². The number of halogens is 3. The topological polar surface area (TPSA) is 34.2 Å². The van der Waals surface area contributed by atoms with Crippen LogP contribution in [0.15, 0.2) is 36.0 Å². The molecule has 0 aliphatic rings. The van der Waals surface area contributed by atoms with E-state index in [4.69, 9.17) is 0 Å². The van der Waals surface area contributed by atoms with Crippen molar-refractivity contribution in [1.82, 2.24) is 10.3 Å². The Labute approximate surface area is 124 Å². The third kappa shape index (κ3) is 5.02. The monoisotopic (exact) mass is 316 g/mol. The standard InChI is InChI=1S/C14H15F3N2OS/c1-2-19-13(7-12-8-18-9-21-12)10-3-5-11(6-4-10)20-14(15,16)17/h3-6,8-9,13,19H,2,7H2,1H3. The van der Waals surface area contributed by atoms with E-state index in [0.717, 1.165) is 23.4 Å². The van der Waals surface area contributed by atoms with E-state index < -0.39 is 6.36 Å². The summed E-state index contributed by atoms with van der Waals surface area (Å²) in [6.45, 7) is 2.76. The second-order valence-corrected chi connectivity index (χ2v) is 5.37. The van der Waals surface area contributed by atoms with Crippen LogP contribution in [-0.2, 0) is 6.42 Å². The Morgan fingerprint density at radius 3 is 2.52 bits per heavy atom. The Balaban J connectivity index is 2.09. The van der Waals surface area contributed by atoms with E-state index in [1.165, 1.54) is 12.1 Å². The third-order valence-electron chi connectivity index (χ3n) is 2.86. The fraction of sp³-hybridized carbons (Fsp3) is 0.357. The van der Waals surface area contributed by atoms with Gasteiger partial charge in [0.2, 0.25) is 0 Å². The molecule has 2 rings (SSSR count). The average Bonchev–Trinajstić information content (AvgIpc) is 2.90. The molecule has 0 aliphatic heterocycles. The smallest absolute Gasteiger partial charge is 0.406 e. The minimum absolute atomic E-state index is 0.0374. The van der Waals surface area contributed by atoms with Gasteiger partial charge in [-0.05, 0) is 24.2 Å². The lowest BCUT2D eigenvalue weighted by Gasteiger charge is -2.18. The molecule has 0 amide bonds. The molecule has 2 aromatic rings. The molecular formula is C14H15F3N2OS. The summed E-state index contributed by atoms with van der Waals surface area (Å²) >= 11 is 1.56. The van der Waals surface area contributed by atoms with Crippen LogP contribution in [0.2, 0.25) is 0 Å². The molecule has 0 radical (unpaired) electrons. The van der Waals surface area contributed by atoms with Crippen molar-refractivity contribution in [3.63, 3.8) is 0 Å². The van der Waals surface area contributed by atoms with Crippen molar-refractivity contribution in [1.29, 1.82) is 0 Å². The Bertz CT molecular complexity index is 540. The molecule has 114 valence electrons. The first-order chi connectivity index (χ1) is 9.98. The van der Waals surface area contributed by atoms with Crippen LogP contribution < -0.4 is 10.1 Å². The molecule has 0 aliphatic carbocycles. The number of hydrogen-bond donors (Lipinski definition) is 1. The zero-order valence-corrected chi connectivity index (χ0v) is 12.2. The van der Waals surface area contributed by atoms with Gasteiger partial charge in [0.05, 0.1) is 5.51 Å². The van der Waals surface area contributed by atoms with Gasteiger partial charge in [-0.25, -0.2) is 0 Å². The number of likely N-dealkylation sites (N-methyl/N-ethyl adjacent to an activating group) is 1. The first kappa shape index (κ1) is 15.8. The Kier molecular flexibility index (Phi) is 5.19. The zero-order chi connectivity index (χ0) is 15.3. The van der Waals surface area contributed by atoms with Crippen molar-refractivity contribution < 1.29 is 17.9 Å². The van der Waals surface area contributed by atoms with Crippen molar-refractivity contribution in [2.45, 2.75) is 25.7 Å². The molecule has 1 heterocycles. The normalized spacial score (nSPS) is 13.1. The molecule has 0 fully saturated rings. The molecule has 1 aromatic carbocycles. The van der Waals surface area contributed by atoms with Crippen molar-refractivity contribution in [2.24, 2.45) is 0 Å². The molecule has 7 heteroatoms. The summed E-state index contributed by atoms with van der Waals surface area (Å²) in [4.78, 5) is 5.15. The molecule has 1 atom stereocenters. The van der Waals surface area contributed by atoms with E-state index in [9.17, 15) is 13.2 Å². The van der Waals surface area contributed by atoms with E-state index in [2.05, 4.69) is 15.0 Å². The molecule has 1 unspecified atom stereocenters. The highest BCUT2D eigenvalue weighted by atomic mass is 32.1. The minimum Gasteiger partial charge on any atom is -0.406 e. The molecule has 0 spiro atoms. The summed E-state index contributed by atoms with van der Waals surface area (Å²) < 4.78 is 40.3. The van der Waals surface area contributed by atoms with Gasteiger partial charge in [-0.3, -0.25) is 4.98 Å². The average molecular weight is 316 g/mol. The summed E-state index contributed by atoms with van der Waals surface area (Å²) in [7, 11) is 0. The van der Waals surface area contributed by atoms with Crippen LogP contribution in [0.4, 0.5) is 13.2 Å². The van der Waals surface area contributed by atoms with Gasteiger partial charge in [0.25, 0.3) is 0 Å². The molecule has 0 saturated heterocycles. The highest BCUT2D eigenvalue weighted by Gasteiger charge is 2.31. The first-order valence-electron chi connectivity index (χ1n) is 6.44. The molecule has 1 N–H and O–H groups in total. The Morgan fingerprint density at radius 1 is 1.29 bits per heavy atom. The lowest BCUT2D eigenvalue weighted by molar-refractivity contribution is -0.274. The quantitative estimate of drug-likeness (QED) is 0.876. The van der Waals surface area contributed by atoms with Crippen LogP contribution in [0.1, 0.15) is 23.4 Å². The van der Waals surface area contributed by atoms with Crippen molar-refractivity contribution in [3.05, 3.63) is 46.4 Å². The fourth-order valence-electron chi connectivity index (χ4n) is 2.00. The number of aromatic nitrogens is 1. The number of nitrogens with zero attached hydrogens (tertiary/aromatic N) is 1.